The summed E-state index contributed by atoms with van der Waals surface area (Å²) in [5, 5.41) is 17.1. The number of phenols is 1. The normalized spacial score (nSPS) is 14.7. The van der Waals surface area contributed by atoms with Gasteiger partial charge in [0.15, 0.2) is 17.3 Å². The summed E-state index contributed by atoms with van der Waals surface area (Å²) in [5.41, 5.74) is 0.984. The minimum Gasteiger partial charge on any atom is -0.504 e. The largest absolute Gasteiger partial charge is 0.504 e. The summed E-state index contributed by atoms with van der Waals surface area (Å²) in [5.74, 6) is -2.24. The number of fused-ring (bicyclic) bond motifs is 1. The van der Waals surface area contributed by atoms with E-state index < -0.39 is 22.9 Å². The highest BCUT2D eigenvalue weighted by Gasteiger charge is 2.40. The molecule has 1 aromatic heterocycles. The Morgan fingerprint density at radius 1 is 1.16 bits per heavy atom. The van der Waals surface area contributed by atoms with E-state index in [0.29, 0.717) is 42.7 Å². The number of benzene rings is 2. The van der Waals surface area contributed by atoms with E-state index in [2.05, 4.69) is 15.6 Å². The first-order valence-electron chi connectivity index (χ1n) is 12.5. The fraction of sp³-hybridized carbons (Fsp3) is 0.393. The SMILES string of the molecule is CC(=O)c1c(-c2cnc3ccccc3c2NC2(C(=O)NCCN(C)C)CCCCC2)cc(F)c(O)c1Cl.Cl. The maximum Gasteiger partial charge on any atom is 0.245 e. The summed E-state index contributed by atoms with van der Waals surface area (Å²) in [6, 6.07) is 8.55. The molecule has 0 atom stereocenters. The van der Waals surface area contributed by atoms with Gasteiger partial charge in [-0.2, -0.15) is 0 Å². The lowest BCUT2D eigenvalue weighted by Crippen LogP contribution is -2.54. The summed E-state index contributed by atoms with van der Waals surface area (Å²) in [4.78, 5) is 32.8. The lowest BCUT2D eigenvalue weighted by molar-refractivity contribution is -0.126. The van der Waals surface area contributed by atoms with E-state index in [0.717, 1.165) is 30.7 Å². The van der Waals surface area contributed by atoms with Crippen LogP contribution in [0, 0.1) is 5.82 Å². The Balaban J connectivity index is 0.00000400. The van der Waals surface area contributed by atoms with Crippen molar-refractivity contribution in [1.82, 2.24) is 15.2 Å². The molecule has 0 radical (unpaired) electrons. The number of carbonyl (C=O) groups excluding carboxylic acids is 2. The summed E-state index contributed by atoms with van der Waals surface area (Å²) in [7, 11) is 3.90. The van der Waals surface area contributed by atoms with Gasteiger partial charge < -0.3 is 20.6 Å². The summed E-state index contributed by atoms with van der Waals surface area (Å²) in [6.07, 6.45) is 5.60. The van der Waals surface area contributed by atoms with Crippen molar-refractivity contribution < 1.29 is 19.1 Å². The molecule has 7 nitrogen and oxygen atoms in total. The first-order chi connectivity index (χ1) is 17.6. The third-order valence-electron chi connectivity index (χ3n) is 6.96. The number of halogens is 3. The van der Waals surface area contributed by atoms with E-state index in [1.807, 2.05) is 43.3 Å². The number of Topliss-reactive ketones (excluding diaryl/α,β-unsaturated/α-hetero) is 1. The molecule has 0 unspecified atom stereocenters. The van der Waals surface area contributed by atoms with Crippen LogP contribution in [-0.4, -0.2) is 59.4 Å². The molecule has 1 heterocycles. The van der Waals surface area contributed by atoms with Gasteiger partial charge in [-0.25, -0.2) is 4.39 Å². The van der Waals surface area contributed by atoms with E-state index in [4.69, 9.17) is 11.6 Å². The molecular weight excluding hydrogens is 530 g/mol. The highest BCUT2D eigenvalue weighted by Crippen LogP contribution is 2.44. The van der Waals surface area contributed by atoms with Crippen LogP contribution in [-0.2, 0) is 4.79 Å². The monoisotopic (exact) mass is 562 g/mol. The van der Waals surface area contributed by atoms with Crippen molar-refractivity contribution in [2.75, 3.05) is 32.5 Å². The highest BCUT2D eigenvalue weighted by atomic mass is 35.5. The van der Waals surface area contributed by atoms with Crippen LogP contribution in [0.15, 0.2) is 36.5 Å². The topological polar surface area (TPSA) is 94.6 Å². The van der Waals surface area contributed by atoms with Crippen molar-refractivity contribution in [3.05, 3.63) is 52.9 Å². The van der Waals surface area contributed by atoms with Crippen molar-refractivity contribution in [1.29, 1.82) is 0 Å². The molecule has 3 aromatic rings. The van der Waals surface area contributed by atoms with E-state index in [1.165, 1.54) is 6.92 Å². The molecule has 204 valence electrons. The number of amides is 1. The maximum atomic E-state index is 14.7. The summed E-state index contributed by atoms with van der Waals surface area (Å²) >= 11 is 6.25. The van der Waals surface area contributed by atoms with Gasteiger partial charge in [-0.05, 0) is 46.0 Å². The molecule has 0 aliphatic heterocycles. The first-order valence-corrected chi connectivity index (χ1v) is 12.8. The molecule has 0 saturated heterocycles. The van der Waals surface area contributed by atoms with Crippen molar-refractivity contribution >= 4 is 52.3 Å². The van der Waals surface area contributed by atoms with Crippen LogP contribution in [0.1, 0.15) is 49.4 Å². The molecule has 1 fully saturated rings. The quantitative estimate of drug-likeness (QED) is 0.299. The number of para-hydroxylation sites is 1. The average Bonchev–Trinajstić information content (AvgIpc) is 2.87. The number of ketones is 1. The minimum atomic E-state index is -0.946. The van der Waals surface area contributed by atoms with Crippen LogP contribution in [0.5, 0.6) is 5.75 Å². The van der Waals surface area contributed by atoms with Gasteiger partial charge in [-0.3, -0.25) is 14.6 Å². The number of phenolic OH excluding ortho intramolecular Hbond substituents is 1. The Labute approximate surface area is 233 Å². The number of hydrogen-bond acceptors (Lipinski definition) is 6. The zero-order valence-electron chi connectivity index (χ0n) is 21.7. The van der Waals surface area contributed by atoms with Gasteiger partial charge in [-0.1, -0.05) is 49.1 Å². The van der Waals surface area contributed by atoms with Gasteiger partial charge in [0.2, 0.25) is 5.91 Å². The average molecular weight is 564 g/mol. The standard InChI is InChI=1S/C28H32ClFN4O3.ClH/c1-17(35)23-19(15-21(30)26(36)24(23)29)20-16-32-22-10-6-5-9-18(22)25(20)33-28(11-7-4-8-12-28)27(37)31-13-14-34(2)3;/h5-6,9-10,15-16,36H,4,7-8,11-14H2,1-3H3,(H,31,37)(H,32,33);1H. The molecule has 3 N–H and O–H groups in total. The van der Waals surface area contributed by atoms with Crippen LogP contribution in [0.4, 0.5) is 10.1 Å². The Kier molecular flexibility index (Phi) is 9.57. The molecular formula is C28H33Cl2FN4O3. The summed E-state index contributed by atoms with van der Waals surface area (Å²) < 4.78 is 14.7. The molecule has 1 aliphatic rings. The van der Waals surface area contributed by atoms with Gasteiger partial charge in [0.05, 0.1) is 16.2 Å². The smallest absolute Gasteiger partial charge is 0.245 e. The molecule has 0 bridgehead atoms. The van der Waals surface area contributed by atoms with Crippen molar-refractivity contribution in [2.45, 2.75) is 44.6 Å². The number of aromatic hydroxyl groups is 1. The third-order valence-corrected chi connectivity index (χ3v) is 7.33. The minimum absolute atomic E-state index is 0. The van der Waals surface area contributed by atoms with Crippen LogP contribution < -0.4 is 10.6 Å². The van der Waals surface area contributed by atoms with Crippen molar-refractivity contribution in [2.24, 2.45) is 0 Å². The van der Waals surface area contributed by atoms with Crippen LogP contribution in [0.25, 0.3) is 22.0 Å². The zero-order valence-corrected chi connectivity index (χ0v) is 23.3. The molecule has 38 heavy (non-hydrogen) atoms. The predicted octanol–water partition coefficient (Wildman–Crippen LogP) is 5.82. The summed E-state index contributed by atoms with van der Waals surface area (Å²) in [6.45, 7) is 2.52. The number of pyridine rings is 1. The van der Waals surface area contributed by atoms with Gasteiger partial charge in [0.25, 0.3) is 0 Å². The Morgan fingerprint density at radius 2 is 1.84 bits per heavy atom. The third kappa shape index (κ3) is 5.87. The van der Waals surface area contributed by atoms with E-state index in [1.54, 1.807) is 6.20 Å². The number of nitrogens with zero attached hydrogens (tertiary/aromatic N) is 2. The second-order valence-corrected chi connectivity index (χ2v) is 10.3. The van der Waals surface area contributed by atoms with Gasteiger partial charge in [-0.15, -0.1) is 12.4 Å². The van der Waals surface area contributed by atoms with Gasteiger partial charge >= 0.3 is 0 Å². The molecule has 1 amide bonds. The lowest BCUT2D eigenvalue weighted by Gasteiger charge is -2.38. The van der Waals surface area contributed by atoms with Crippen molar-refractivity contribution in [3.8, 4) is 16.9 Å². The Bertz CT molecular complexity index is 1340. The number of rotatable bonds is 8. The first kappa shape index (κ1) is 29.6. The fourth-order valence-corrected chi connectivity index (χ4v) is 5.34. The van der Waals surface area contributed by atoms with Crippen LogP contribution in [0.3, 0.4) is 0 Å². The Hall–Kier alpha value is -2.94. The number of likely N-dealkylation sites (N-methyl/N-ethyl adjacent to an activating group) is 1. The lowest BCUT2D eigenvalue weighted by atomic mass is 9.80. The number of anilines is 1. The Morgan fingerprint density at radius 3 is 2.50 bits per heavy atom. The maximum absolute atomic E-state index is 14.7. The predicted molar refractivity (Wildman–Crippen MR) is 152 cm³/mol. The van der Waals surface area contributed by atoms with Crippen LogP contribution in [0.2, 0.25) is 5.02 Å². The highest BCUT2D eigenvalue weighted by molar-refractivity contribution is 6.36. The van der Waals surface area contributed by atoms with E-state index in [9.17, 15) is 19.1 Å². The number of aromatic nitrogens is 1. The number of hydrogen-bond donors (Lipinski definition) is 3. The second kappa shape index (κ2) is 12.3. The second-order valence-electron chi connectivity index (χ2n) is 9.89. The fourth-order valence-electron chi connectivity index (χ4n) is 5.01. The van der Waals surface area contributed by atoms with Gasteiger partial charge in [0.1, 0.15) is 5.54 Å². The van der Waals surface area contributed by atoms with Crippen LogP contribution >= 0.6 is 24.0 Å². The zero-order chi connectivity index (χ0) is 26.7. The molecule has 1 aliphatic carbocycles. The van der Waals surface area contributed by atoms with Gasteiger partial charge in [0, 0.05) is 41.4 Å². The van der Waals surface area contributed by atoms with E-state index >= 15 is 0 Å². The number of nitrogens with one attached hydrogen (secondary N) is 2. The number of carbonyl (C=O) groups is 2. The molecule has 0 spiro atoms. The molecule has 1 saturated carbocycles. The molecule has 4 rings (SSSR count). The van der Waals surface area contributed by atoms with Crippen molar-refractivity contribution in [3.63, 3.8) is 0 Å². The molecule has 10 heteroatoms. The van der Waals surface area contributed by atoms with E-state index in [-0.39, 0.29) is 34.5 Å². The molecule has 2 aromatic carbocycles.